The Kier molecular flexibility index (Phi) is 2.04. The molecule has 4 nitrogen and oxygen atoms in total. The van der Waals surface area contributed by atoms with Crippen LogP contribution in [0.2, 0.25) is 0 Å². The van der Waals surface area contributed by atoms with Gasteiger partial charge in [-0.15, -0.1) is 0 Å². The first-order valence-corrected chi connectivity index (χ1v) is 4.83. The van der Waals surface area contributed by atoms with Gasteiger partial charge in [-0.3, -0.25) is 4.98 Å². The second-order valence-electron chi connectivity index (χ2n) is 3.24. The van der Waals surface area contributed by atoms with Crippen molar-refractivity contribution in [2.24, 2.45) is 0 Å². The van der Waals surface area contributed by atoms with Crippen molar-refractivity contribution in [3.8, 4) is 11.5 Å². The van der Waals surface area contributed by atoms with Gasteiger partial charge in [0.2, 0.25) is 0 Å². The summed E-state index contributed by atoms with van der Waals surface area (Å²) in [4.78, 5) is 8.12. The van der Waals surface area contributed by atoms with E-state index in [1.54, 1.807) is 18.6 Å². The summed E-state index contributed by atoms with van der Waals surface area (Å²) in [7, 11) is 0. The molecule has 0 N–H and O–H groups in total. The molecule has 1 aromatic heterocycles. The van der Waals surface area contributed by atoms with Crippen LogP contribution in [0.3, 0.4) is 0 Å². The van der Waals surface area contributed by atoms with Crippen LogP contribution in [0.25, 0.3) is 5.76 Å². The highest BCUT2D eigenvalue weighted by Crippen LogP contribution is 2.33. The third-order valence-corrected chi connectivity index (χ3v) is 2.18. The fourth-order valence-electron chi connectivity index (χ4n) is 1.43. The third kappa shape index (κ3) is 1.50. The van der Waals surface area contributed by atoms with E-state index in [1.165, 1.54) is 6.26 Å². The van der Waals surface area contributed by atoms with Crippen LogP contribution in [0, 0.1) is 0 Å². The standard InChI is InChI=1S/C12H8N2O2/c1-2-4-11-10(3-1)15-8-12(16-11)9-7-13-5-6-14-9/h1-8H. The van der Waals surface area contributed by atoms with Crippen molar-refractivity contribution in [1.29, 1.82) is 0 Å². The summed E-state index contributed by atoms with van der Waals surface area (Å²) in [5.74, 6) is 1.95. The molecule has 0 saturated heterocycles. The topological polar surface area (TPSA) is 44.2 Å². The third-order valence-electron chi connectivity index (χ3n) is 2.18. The molecule has 0 atom stereocenters. The molecule has 16 heavy (non-hydrogen) atoms. The van der Waals surface area contributed by atoms with Gasteiger partial charge in [-0.05, 0) is 12.1 Å². The molecule has 0 fully saturated rings. The Morgan fingerprint density at radius 2 is 1.88 bits per heavy atom. The average molecular weight is 212 g/mol. The van der Waals surface area contributed by atoms with Gasteiger partial charge in [-0.2, -0.15) is 0 Å². The van der Waals surface area contributed by atoms with Crippen molar-refractivity contribution in [2.45, 2.75) is 0 Å². The van der Waals surface area contributed by atoms with Gasteiger partial charge in [0.1, 0.15) is 12.0 Å². The zero-order chi connectivity index (χ0) is 10.8. The lowest BCUT2D eigenvalue weighted by Gasteiger charge is -2.16. The van der Waals surface area contributed by atoms with Crippen molar-refractivity contribution >= 4 is 5.76 Å². The smallest absolute Gasteiger partial charge is 0.189 e. The number of para-hydroxylation sites is 2. The van der Waals surface area contributed by atoms with Gasteiger partial charge in [-0.25, -0.2) is 4.98 Å². The molecule has 0 radical (unpaired) electrons. The summed E-state index contributed by atoms with van der Waals surface area (Å²) >= 11 is 0. The SMILES string of the molecule is C1=C(c2cnccn2)Oc2ccccc2O1. The summed E-state index contributed by atoms with van der Waals surface area (Å²) in [5.41, 5.74) is 0.650. The van der Waals surface area contributed by atoms with Crippen LogP contribution < -0.4 is 9.47 Å². The Bertz CT molecular complexity index is 538. The molecular formula is C12H8N2O2. The second-order valence-corrected chi connectivity index (χ2v) is 3.24. The first-order chi connectivity index (χ1) is 7.93. The van der Waals surface area contributed by atoms with Crippen LogP contribution in [0.4, 0.5) is 0 Å². The van der Waals surface area contributed by atoms with Crippen molar-refractivity contribution < 1.29 is 9.47 Å². The molecule has 2 aromatic rings. The fourth-order valence-corrected chi connectivity index (χ4v) is 1.43. The highest BCUT2D eigenvalue weighted by molar-refractivity contribution is 5.61. The summed E-state index contributed by atoms with van der Waals surface area (Å²) in [6.07, 6.45) is 6.39. The number of hydrogen-bond donors (Lipinski definition) is 0. The first-order valence-electron chi connectivity index (χ1n) is 4.83. The molecule has 1 aliphatic rings. The quantitative estimate of drug-likeness (QED) is 0.727. The first kappa shape index (κ1) is 8.91. The predicted octanol–water partition coefficient (Wildman–Crippen LogP) is 2.25. The molecule has 4 heteroatoms. The van der Waals surface area contributed by atoms with Crippen molar-refractivity contribution in [3.63, 3.8) is 0 Å². The Balaban J connectivity index is 1.95. The summed E-state index contributed by atoms with van der Waals surface area (Å²) in [5, 5.41) is 0. The average Bonchev–Trinajstić information content (AvgIpc) is 2.39. The molecule has 1 aliphatic heterocycles. The predicted molar refractivity (Wildman–Crippen MR) is 57.7 cm³/mol. The van der Waals surface area contributed by atoms with Crippen molar-refractivity contribution in [2.75, 3.05) is 0 Å². The normalized spacial score (nSPS) is 13.1. The van der Waals surface area contributed by atoms with E-state index in [0.29, 0.717) is 23.0 Å². The van der Waals surface area contributed by atoms with Crippen LogP contribution in [0.5, 0.6) is 11.5 Å². The van der Waals surface area contributed by atoms with Crippen LogP contribution >= 0.6 is 0 Å². The Morgan fingerprint density at radius 1 is 1.00 bits per heavy atom. The molecule has 0 unspecified atom stereocenters. The van der Waals surface area contributed by atoms with Crippen LogP contribution in [0.1, 0.15) is 5.69 Å². The molecule has 0 aliphatic carbocycles. The number of hydrogen-bond acceptors (Lipinski definition) is 4. The van der Waals surface area contributed by atoms with Crippen LogP contribution in [-0.4, -0.2) is 9.97 Å². The number of benzene rings is 1. The maximum absolute atomic E-state index is 5.65. The van der Waals surface area contributed by atoms with E-state index in [1.807, 2.05) is 24.3 Å². The molecule has 0 spiro atoms. The maximum Gasteiger partial charge on any atom is 0.189 e. The van der Waals surface area contributed by atoms with Gasteiger partial charge >= 0.3 is 0 Å². The maximum atomic E-state index is 5.65. The highest BCUT2D eigenvalue weighted by atomic mass is 16.6. The van der Waals surface area contributed by atoms with E-state index < -0.39 is 0 Å². The Hall–Kier alpha value is -2.36. The molecule has 0 saturated carbocycles. The van der Waals surface area contributed by atoms with E-state index in [9.17, 15) is 0 Å². The number of ether oxygens (including phenoxy) is 2. The van der Waals surface area contributed by atoms with E-state index in [0.717, 1.165) is 0 Å². The van der Waals surface area contributed by atoms with Gasteiger partial charge in [0.15, 0.2) is 17.3 Å². The molecule has 2 heterocycles. The minimum atomic E-state index is 0.562. The molecule has 1 aromatic carbocycles. The Labute approximate surface area is 92.2 Å². The largest absolute Gasteiger partial charge is 0.457 e. The minimum absolute atomic E-state index is 0.562. The highest BCUT2D eigenvalue weighted by Gasteiger charge is 2.15. The molecular weight excluding hydrogens is 204 g/mol. The van der Waals surface area contributed by atoms with Gasteiger partial charge < -0.3 is 9.47 Å². The van der Waals surface area contributed by atoms with E-state index >= 15 is 0 Å². The van der Waals surface area contributed by atoms with Gasteiger partial charge in [-0.1, -0.05) is 12.1 Å². The summed E-state index contributed by atoms with van der Waals surface area (Å²) in [6.45, 7) is 0. The van der Waals surface area contributed by atoms with Gasteiger partial charge in [0.05, 0.1) is 6.20 Å². The number of rotatable bonds is 1. The molecule has 3 rings (SSSR count). The Morgan fingerprint density at radius 3 is 2.69 bits per heavy atom. The monoisotopic (exact) mass is 212 g/mol. The zero-order valence-corrected chi connectivity index (χ0v) is 8.33. The second kappa shape index (κ2) is 3.66. The minimum Gasteiger partial charge on any atom is -0.457 e. The van der Waals surface area contributed by atoms with Crippen LogP contribution in [-0.2, 0) is 0 Å². The van der Waals surface area contributed by atoms with E-state index in [4.69, 9.17) is 9.47 Å². The van der Waals surface area contributed by atoms with E-state index in [-0.39, 0.29) is 0 Å². The van der Waals surface area contributed by atoms with Crippen molar-refractivity contribution in [1.82, 2.24) is 9.97 Å². The van der Waals surface area contributed by atoms with Crippen molar-refractivity contribution in [3.05, 3.63) is 54.8 Å². The van der Waals surface area contributed by atoms with Gasteiger partial charge in [0.25, 0.3) is 0 Å². The lowest BCUT2D eigenvalue weighted by atomic mass is 10.3. The molecule has 0 bridgehead atoms. The fraction of sp³-hybridized carbons (Fsp3) is 0. The number of aromatic nitrogens is 2. The lowest BCUT2D eigenvalue weighted by Crippen LogP contribution is -2.05. The lowest BCUT2D eigenvalue weighted by molar-refractivity contribution is 0.382. The number of fused-ring (bicyclic) bond motifs is 1. The number of nitrogens with zero attached hydrogens (tertiary/aromatic N) is 2. The molecule has 0 amide bonds. The van der Waals surface area contributed by atoms with Gasteiger partial charge in [0, 0.05) is 12.4 Å². The molecule has 78 valence electrons. The van der Waals surface area contributed by atoms with E-state index in [2.05, 4.69) is 9.97 Å². The zero-order valence-electron chi connectivity index (χ0n) is 8.33. The van der Waals surface area contributed by atoms with Crippen LogP contribution in [0.15, 0.2) is 49.1 Å². The summed E-state index contributed by atoms with van der Waals surface area (Å²) < 4.78 is 11.1. The summed E-state index contributed by atoms with van der Waals surface area (Å²) in [6, 6.07) is 7.48.